The van der Waals surface area contributed by atoms with E-state index in [1.165, 1.54) is 0 Å². The smallest absolute Gasteiger partial charge is 0.236 e. The number of nitrogens with zero attached hydrogens (tertiary/aromatic N) is 9. The Morgan fingerprint density at radius 3 is 2.44 bits per heavy atom. The number of carbonyl (C=O) groups excluding carboxylic acids is 2. The molecule has 2 aromatic carbocycles. The van der Waals surface area contributed by atoms with Gasteiger partial charge in [-0.15, -0.1) is 0 Å². The molecule has 0 spiro atoms. The number of rotatable bonds is 10. The number of likely N-dealkylation sites (tertiary alicyclic amines) is 1. The molecular formula is C37H44N10O3. The lowest BCUT2D eigenvalue weighted by Crippen LogP contribution is -2.51. The van der Waals surface area contributed by atoms with Crippen LogP contribution >= 0.6 is 0 Å². The fourth-order valence-electron chi connectivity index (χ4n) is 6.88. The highest BCUT2D eigenvalue weighted by Gasteiger charge is 2.33. The molecule has 260 valence electrons. The van der Waals surface area contributed by atoms with Crippen molar-refractivity contribution in [1.82, 2.24) is 39.7 Å². The van der Waals surface area contributed by atoms with Crippen LogP contribution in [0.5, 0.6) is 5.88 Å². The van der Waals surface area contributed by atoms with Gasteiger partial charge in [0.2, 0.25) is 17.7 Å². The fraction of sp³-hybridized carbons (Fsp3) is 0.405. The molecule has 5 aromatic rings. The third-order valence-electron chi connectivity index (χ3n) is 9.51. The Morgan fingerprint density at radius 2 is 1.76 bits per heavy atom. The predicted octanol–water partition coefficient (Wildman–Crippen LogP) is 4.23. The van der Waals surface area contributed by atoms with Gasteiger partial charge in [-0.1, -0.05) is 0 Å². The molecule has 3 aromatic heterocycles. The zero-order valence-electron chi connectivity index (χ0n) is 29.1. The van der Waals surface area contributed by atoms with Gasteiger partial charge < -0.3 is 19.4 Å². The van der Waals surface area contributed by atoms with E-state index < -0.39 is 0 Å². The van der Waals surface area contributed by atoms with Crippen LogP contribution in [-0.2, 0) is 16.6 Å². The van der Waals surface area contributed by atoms with Gasteiger partial charge in [-0.3, -0.25) is 24.3 Å². The molecule has 2 aliphatic heterocycles. The van der Waals surface area contributed by atoms with Crippen LogP contribution in [0.1, 0.15) is 27.2 Å². The number of fused-ring (bicyclic) bond motifs is 1. The number of aryl methyl sites for hydroxylation is 1. The molecule has 50 heavy (non-hydrogen) atoms. The Morgan fingerprint density at radius 1 is 0.980 bits per heavy atom. The molecule has 2 amide bonds. The molecule has 2 aliphatic rings. The molecule has 0 aliphatic carbocycles. The maximum Gasteiger partial charge on any atom is 0.236 e. The average molecular weight is 677 g/mol. The lowest BCUT2D eigenvalue weighted by atomic mass is 10.1. The summed E-state index contributed by atoms with van der Waals surface area (Å²) in [4.78, 5) is 44.2. The van der Waals surface area contributed by atoms with Crippen molar-refractivity contribution in [2.75, 3.05) is 62.2 Å². The zero-order chi connectivity index (χ0) is 34.8. The van der Waals surface area contributed by atoms with Crippen LogP contribution in [0, 0.1) is 5.92 Å². The highest BCUT2D eigenvalue weighted by molar-refractivity contribution is 6.00. The Balaban J connectivity index is 0.933. The Kier molecular flexibility index (Phi) is 9.48. The van der Waals surface area contributed by atoms with Crippen molar-refractivity contribution in [3.63, 3.8) is 0 Å². The van der Waals surface area contributed by atoms with Crippen LogP contribution in [0.25, 0.3) is 33.5 Å². The van der Waals surface area contributed by atoms with E-state index in [0.717, 1.165) is 65.2 Å². The number of nitrogens with one attached hydrogen (secondary N) is 1. The van der Waals surface area contributed by atoms with Crippen molar-refractivity contribution in [2.24, 2.45) is 13.0 Å². The molecule has 1 N–H and O–H groups in total. The van der Waals surface area contributed by atoms with E-state index in [1.54, 1.807) is 17.2 Å². The predicted molar refractivity (Wildman–Crippen MR) is 193 cm³/mol. The van der Waals surface area contributed by atoms with Crippen LogP contribution in [0.2, 0.25) is 0 Å². The number of ether oxygens (including phenoxy) is 1. The van der Waals surface area contributed by atoms with Crippen molar-refractivity contribution in [2.45, 2.75) is 33.3 Å². The highest BCUT2D eigenvalue weighted by atomic mass is 16.5. The van der Waals surface area contributed by atoms with Gasteiger partial charge in [-0.05, 0) is 82.3 Å². The number of aromatic amines is 1. The quantitative estimate of drug-likeness (QED) is 0.231. The summed E-state index contributed by atoms with van der Waals surface area (Å²) in [6.07, 6.45) is 4.23. The Hall–Kier alpha value is -5.30. The average Bonchev–Trinajstić information content (AvgIpc) is 3.89. The summed E-state index contributed by atoms with van der Waals surface area (Å²) in [5.41, 5.74) is 5.46. The summed E-state index contributed by atoms with van der Waals surface area (Å²) in [6.45, 7) is 11.0. The number of anilines is 2. The van der Waals surface area contributed by atoms with Gasteiger partial charge in [-0.25, -0.2) is 9.97 Å². The normalized spacial score (nSPS) is 16.8. The van der Waals surface area contributed by atoms with Crippen molar-refractivity contribution >= 4 is 34.1 Å². The highest BCUT2D eigenvalue weighted by Crippen LogP contribution is 2.32. The molecular weight excluding hydrogens is 632 g/mol. The number of H-pyrrole nitrogens is 1. The maximum absolute atomic E-state index is 13.9. The first-order chi connectivity index (χ1) is 24.2. The molecule has 0 bridgehead atoms. The van der Waals surface area contributed by atoms with Crippen LogP contribution in [0.3, 0.4) is 0 Å². The molecule has 0 radical (unpaired) electrons. The summed E-state index contributed by atoms with van der Waals surface area (Å²) in [5.74, 6) is 1.32. The molecule has 1 unspecified atom stereocenters. The molecule has 13 heteroatoms. The molecule has 13 nitrogen and oxygen atoms in total. The van der Waals surface area contributed by atoms with Gasteiger partial charge in [0.25, 0.3) is 0 Å². The number of hydrogen-bond donors (Lipinski definition) is 1. The van der Waals surface area contributed by atoms with Gasteiger partial charge in [0.1, 0.15) is 12.0 Å². The number of piperazine rings is 1. The van der Waals surface area contributed by atoms with Gasteiger partial charge in [0.15, 0.2) is 5.82 Å². The summed E-state index contributed by atoms with van der Waals surface area (Å²) in [7, 11) is 1.86. The summed E-state index contributed by atoms with van der Waals surface area (Å²) in [6, 6.07) is 18.0. The van der Waals surface area contributed by atoms with Crippen molar-refractivity contribution in [3.05, 3.63) is 67.1 Å². The number of pyridine rings is 1. The second kappa shape index (κ2) is 14.3. The van der Waals surface area contributed by atoms with Crippen molar-refractivity contribution in [3.8, 4) is 28.5 Å². The number of hydrogen-bond acceptors (Lipinski definition) is 9. The van der Waals surface area contributed by atoms with Crippen molar-refractivity contribution in [1.29, 1.82) is 0 Å². The van der Waals surface area contributed by atoms with Crippen molar-refractivity contribution < 1.29 is 14.3 Å². The van der Waals surface area contributed by atoms with Gasteiger partial charge >= 0.3 is 0 Å². The summed E-state index contributed by atoms with van der Waals surface area (Å²) in [5, 5.41) is 13.0. The third-order valence-corrected chi connectivity index (χ3v) is 9.51. The molecule has 5 heterocycles. The van der Waals surface area contributed by atoms with Gasteiger partial charge in [-0.2, -0.15) is 10.2 Å². The van der Waals surface area contributed by atoms with E-state index in [4.69, 9.17) is 4.74 Å². The van der Waals surface area contributed by atoms with Gasteiger partial charge in [0.05, 0.1) is 24.1 Å². The minimum absolute atomic E-state index is 0.0425. The maximum atomic E-state index is 13.9. The third kappa shape index (κ3) is 7.04. The zero-order valence-corrected chi connectivity index (χ0v) is 29.1. The lowest BCUT2D eigenvalue weighted by molar-refractivity contribution is -0.132. The van der Waals surface area contributed by atoms with Gasteiger partial charge in [0, 0.05) is 86.5 Å². The Labute approximate surface area is 291 Å². The second-order valence-corrected chi connectivity index (χ2v) is 13.3. The van der Waals surface area contributed by atoms with E-state index in [-0.39, 0.29) is 23.8 Å². The molecule has 0 saturated carbocycles. The van der Waals surface area contributed by atoms with Crippen LogP contribution in [0.15, 0.2) is 67.1 Å². The monoisotopic (exact) mass is 676 g/mol. The topological polar surface area (TPSA) is 129 Å². The number of carbonyl (C=O) groups is 2. The minimum Gasteiger partial charge on any atom is -0.475 e. The fourth-order valence-corrected chi connectivity index (χ4v) is 6.88. The number of benzene rings is 2. The largest absolute Gasteiger partial charge is 0.475 e. The second-order valence-electron chi connectivity index (χ2n) is 13.3. The lowest BCUT2D eigenvalue weighted by Gasteiger charge is -2.36. The molecule has 7 rings (SSSR count). The SMILES string of the molecule is CCN(C(=O)C1CCN(CC(=O)N2CCN(c3ccc(-c4ncn(C)n4)cc3)CC2)C1)c1ccc2[nH]nc(-c3ccc(OC(C)C)nc3)c2c1. The van der Waals surface area contributed by atoms with Crippen LogP contribution < -0.4 is 14.5 Å². The van der Waals surface area contributed by atoms with E-state index in [0.29, 0.717) is 44.4 Å². The van der Waals surface area contributed by atoms with Crippen LogP contribution in [-0.4, -0.2) is 110 Å². The van der Waals surface area contributed by atoms with E-state index in [2.05, 4.69) is 47.2 Å². The molecule has 2 fully saturated rings. The number of amides is 2. The first-order valence-corrected chi connectivity index (χ1v) is 17.4. The first-order valence-electron chi connectivity index (χ1n) is 17.4. The van der Waals surface area contributed by atoms with E-state index >= 15 is 0 Å². The molecule has 2 saturated heterocycles. The summed E-state index contributed by atoms with van der Waals surface area (Å²) >= 11 is 0. The van der Waals surface area contributed by atoms with E-state index in [9.17, 15) is 9.59 Å². The standard InChI is InChI=1S/C37H44N10O3/c1-5-47(30-11-12-32-31(20-30)35(41-40-32)27-8-13-33(38-21-27)50-25(2)3)37(49)28-14-15-44(22-28)23-34(48)46-18-16-45(17-19-46)29-9-6-26(7-10-29)36-39-24-43(4)42-36/h6-13,20-21,24-25,28H,5,14-19,22-23H2,1-4H3,(H,40,41). The first kappa shape index (κ1) is 33.2. The Bertz CT molecular complexity index is 1940. The van der Waals surface area contributed by atoms with E-state index in [1.807, 2.05) is 80.1 Å². The number of aromatic nitrogens is 6. The minimum atomic E-state index is -0.166. The summed E-state index contributed by atoms with van der Waals surface area (Å²) < 4.78 is 7.39. The van der Waals surface area contributed by atoms with Crippen LogP contribution in [0.4, 0.5) is 11.4 Å². The molecule has 1 atom stereocenters.